The maximum absolute atomic E-state index is 5.15. The lowest BCUT2D eigenvalue weighted by molar-refractivity contribution is 0.415. The molecule has 0 spiro atoms. The fraction of sp³-hybridized carbons (Fsp3) is 0.0909. The number of ether oxygens (including phenoxy) is 1. The van der Waals surface area contributed by atoms with E-state index in [9.17, 15) is 0 Å². The minimum Gasteiger partial charge on any atom is -0.497 e. The van der Waals surface area contributed by atoms with Crippen LogP contribution in [0.25, 0.3) is 22.3 Å². The maximum atomic E-state index is 5.15. The second-order valence-electron chi connectivity index (χ2n) is 3.52. The van der Waals surface area contributed by atoms with Crippen LogP contribution in [0.15, 0.2) is 30.5 Å². The molecule has 0 saturated heterocycles. The number of nitrogens with zero attached hydrogens (tertiary/aromatic N) is 4. The molecule has 7 heteroatoms. The van der Waals surface area contributed by atoms with Crippen molar-refractivity contribution < 1.29 is 4.74 Å². The lowest BCUT2D eigenvalue weighted by Gasteiger charge is -2.02. The quantitative estimate of drug-likeness (QED) is 0.763. The first-order valence-electron chi connectivity index (χ1n) is 5.04. The monoisotopic (exact) mass is 263 g/mol. The standard InChI is InChI=1S/C11H9N5O.ClH/c1-17-9-3-2-7-4-8(6-12-10(7)5-9)11-13-15-16-14-11;/h2-6H,1H3,(H,13,14,15,16);1H. The number of pyridine rings is 1. The fourth-order valence-electron chi connectivity index (χ4n) is 1.63. The van der Waals surface area contributed by atoms with Gasteiger partial charge in [0.1, 0.15) is 5.75 Å². The number of nitrogens with one attached hydrogen (secondary N) is 1. The largest absolute Gasteiger partial charge is 0.497 e. The van der Waals surface area contributed by atoms with Crippen molar-refractivity contribution >= 4 is 23.3 Å². The smallest absolute Gasteiger partial charge is 0.206 e. The molecule has 92 valence electrons. The van der Waals surface area contributed by atoms with Crippen LogP contribution in [0, 0.1) is 0 Å². The van der Waals surface area contributed by atoms with Crippen LogP contribution >= 0.6 is 12.4 Å². The highest BCUT2D eigenvalue weighted by Gasteiger charge is 2.05. The van der Waals surface area contributed by atoms with Gasteiger partial charge in [0.25, 0.3) is 0 Å². The van der Waals surface area contributed by atoms with Gasteiger partial charge in [0.2, 0.25) is 5.82 Å². The van der Waals surface area contributed by atoms with Gasteiger partial charge in [0.05, 0.1) is 12.6 Å². The number of methoxy groups -OCH3 is 1. The lowest BCUT2D eigenvalue weighted by atomic mass is 10.1. The van der Waals surface area contributed by atoms with Crippen molar-refractivity contribution in [2.45, 2.75) is 0 Å². The van der Waals surface area contributed by atoms with Crippen LogP contribution in [0.4, 0.5) is 0 Å². The topological polar surface area (TPSA) is 76.6 Å². The van der Waals surface area contributed by atoms with E-state index in [0.717, 1.165) is 22.2 Å². The molecule has 3 rings (SSSR count). The number of fused-ring (bicyclic) bond motifs is 1. The number of aromatic nitrogens is 5. The zero-order valence-corrected chi connectivity index (χ0v) is 10.3. The van der Waals surface area contributed by atoms with Gasteiger partial charge in [-0.15, -0.1) is 22.6 Å². The summed E-state index contributed by atoms with van der Waals surface area (Å²) in [5.74, 6) is 1.33. The summed E-state index contributed by atoms with van der Waals surface area (Å²) in [4.78, 5) is 4.34. The maximum Gasteiger partial charge on any atom is 0.206 e. The van der Waals surface area contributed by atoms with E-state index in [2.05, 4.69) is 25.6 Å². The van der Waals surface area contributed by atoms with E-state index in [0.29, 0.717) is 5.82 Å². The van der Waals surface area contributed by atoms with E-state index in [1.807, 2.05) is 24.3 Å². The van der Waals surface area contributed by atoms with E-state index in [1.54, 1.807) is 13.3 Å². The molecule has 18 heavy (non-hydrogen) atoms. The minimum absolute atomic E-state index is 0. The van der Waals surface area contributed by atoms with Crippen molar-refractivity contribution in [1.29, 1.82) is 0 Å². The van der Waals surface area contributed by atoms with Gasteiger partial charge in [-0.25, -0.2) is 0 Å². The number of benzene rings is 1. The first-order valence-corrected chi connectivity index (χ1v) is 5.04. The van der Waals surface area contributed by atoms with E-state index in [4.69, 9.17) is 4.74 Å². The third-order valence-corrected chi connectivity index (χ3v) is 2.49. The van der Waals surface area contributed by atoms with Crippen LogP contribution in [0.2, 0.25) is 0 Å². The molecule has 1 N–H and O–H groups in total. The van der Waals surface area contributed by atoms with Crippen LogP contribution in [0.1, 0.15) is 0 Å². The zero-order chi connectivity index (χ0) is 11.7. The van der Waals surface area contributed by atoms with Crippen molar-refractivity contribution in [2.24, 2.45) is 0 Å². The minimum atomic E-state index is 0. The highest BCUT2D eigenvalue weighted by atomic mass is 35.5. The number of aromatic amines is 1. The molecular formula is C11H10ClN5O. The summed E-state index contributed by atoms with van der Waals surface area (Å²) < 4.78 is 5.15. The van der Waals surface area contributed by atoms with E-state index in [-0.39, 0.29) is 12.4 Å². The summed E-state index contributed by atoms with van der Waals surface area (Å²) in [6.07, 6.45) is 1.71. The average molecular weight is 264 g/mol. The molecule has 3 aromatic rings. The van der Waals surface area contributed by atoms with Gasteiger partial charge in [0, 0.05) is 23.2 Å². The molecule has 0 bridgehead atoms. The van der Waals surface area contributed by atoms with Crippen molar-refractivity contribution in [2.75, 3.05) is 7.11 Å². The summed E-state index contributed by atoms with van der Waals surface area (Å²) >= 11 is 0. The third kappa shape index (κ3) is 2.10. The number of tetrazole rings is 1. The zero-order valence-electron chi connectivity index (χ0n) is 9.49. The van der Waals surface area contributed by atoms with Crippen LogP contribution in [-0.4, -0.2) is 32.7 Å². The fourth-order valence-corrected chi connectivity index (χ4v) is 1.63. The molecule has 0 unspecified atom stereocenters. The molecule has 0 amide bonds. The summed E-state index contributed by atoms with van der Waals surface area (Å²) in [6.45, 7) is 0. The predicted molar refractivity (Wildman–Crippen MR) is 68.7 cm³/mol. The Morgan fingerprint density at radius 3 is 2.83 bits per heavy atom. The normalized spacial score (nSPS) is 10.1. The van der Waals surface area contributed by atoms with Crippen LogP contribution in [0.5, 0.6) is 5.75 Å². The number of rotatable bonds is 2. The van der Waals surface area contributed by atoms with Crippen molar-refractivity contribution in [3.05, 3.63) is 30.5 Å². The van der Waals surface area contributed by atoms with Gasteiger partial charge in [-0.05, 0) is 23.4 Å². The third-order valence-electron chi connectivity index (χ3n) is 2.49. The SMILES string of the molecule is COc1ccc2cc(-c3nn[nH]n3)cnc2c1.Cl. The van der Waals surface area contributed by atoms with Gasteiger partial charge < -0.3 is 4.74 Å². The van der Waals surface area contributed by atoms with Crippen LogP contribution in [-0.2, 0) is 0 Å². The second kappa shape index (κ2) is 4.97. The number of halogens is 1. The van der Waals surface area contributed by atoms with E-state index < -0.39 is 0 Å². The van der Waals surface area contributed by atoms with Gasteiger partial charge >= 0.3 is 0 Å². The molecule has 0 aliphatic carbocycles. The number of H-pyrrole nitrogens is 1. The van der Waals surface area contributed by atoms with Crippen molar-refractivity contribution in [3.8, 4) is 17.1 Å². The first-order chi connectivity index (χ1) is 8.36. The van der Waals surface area contributed by atoms with E-state index in [1.165, 1.54) is 0 Å². The summed E-state index contributed by atoms with van der Waals surface area (Å²) in [7, 11) is 1.63. The Labute approximate surface area is 109 Å². The Balaban J connectivity index is 0.00000120. The highest BCUT2D eigenvalue weighted by Crippen LogP contribution is 2.22. The Bertz CT molecular complexity index is 656. The molecule has 0 aliphatic heterocycles. The summed E-state index contributed by atoms with van der Waals surface area (Å²) in [6, 6.07) is 7.69. The molecular weight excluding hydrogens is 254 g/mol. The number of hydrogen-bond acceptors (Lipinski definition) is 5. The van der Waals surface area contributed by atoms with Gasteiger partial charge in [-0.3, -0.25) is 4.98 Å². The van der Waals surface area contributed by atoms with Gasteiger partial charge in [-0.2, -0.15) is 5.21 Å². The van der Waals surface area contributed by atoms with Crippen LogP contribution in [0.3, 0.4) is 0 Å². The van der Waals surface area contributed by atoms with Gasteiger partial charge in [0.15, 0.2) is 0 Å². The molecule has 6 nitrogen and oxygen atoms in total. The Morgan fingerprint density at radius 2 is 2.11 bits per heavy atom. The molecule has 0 fully saturated rings. The Hall–Kier alpha value is -2.21. The summed E-state index contributed by atoms with van der Waals surface area (Å²) in [5, 5.41) is 14.8. The molecule has 0 aliphatic rings. The lowest BCUT2D eigenvalue weighted by Crippen LogP contribution is -1.87. The van der Waals surface area contributed by atoms with Gasteiger partial charge in [-0.1, -0.05) is 0 Å². The molecule has 1 aromatic carbocycles. The van der Waals surface area contributed by atoms with Crippen LogP contribution < -0.4 is 4.74 Å². The average Bonchev–Trinajstić information content (AvgIpc) is 2.91. The summed E-state index contributed by atoms with van der Waals surface area (Å²) in [5.41, 5.74) is 1.70. The first kappa shape index (κ1) is 12.3. The molecule has 0 saturated carbocycles. The molecule has 2 heterocycles. The number of hydrogen-bond donors (Lipinski definition) is 1. The highest BCUT2D eigenvalue weighted by molar-refractivity contribution is 5.85. The molecule has 0 atom stereocenters. The predicted octanol–water partition coefficient (Wildman–Crippen LogP) is 1.85. The molecule has 2 aromatic heterocycles. The van der Waals surface area contributed by atoms with Crippen molar-refractivity contribution in [3.63, 3.8) is 0 Å². The van der Waals surface area contributed by atoms with E-state index >= 15 is 0 Å². The van der Waals surface area contributed by atoms with Crippen molar-refractivity contribution in [1.82, 2.24) is 25.6 Å². The molecule has 0 radical (unpaired) electrons. The second-order valence-corrected chi connectivity index (χ2v) is 3.52. The Kier molecular flexibility index (Phi) is 3.38. The Morgan fingerprint density at radius 1 is 1.22 bits per heavy atom.